The second-order valence-corrected chi connectivity index (χ2v) is 42.6. The second kappa shape index (κ2) is 48.9. The number of alkyl halides is 9. The SMILES string of the molecule is CC[C@@H]1[C@@H]2CN(C(=O)[C@H](C(C)(C)C)NC(=O)O[C@@H]3CCC[C@H]3CCCCCc3nc4ccc(OCC(F)(F)F)cc4nc3O2)[C@@H]1[C-]=O.CC[C@@H]1[C@@H]2CN(C(=O)[C@H](C(C)(C)C)NC(=O)O[C@]3(C)CCC[C@H]3CCCCCc3nc4ccc(OCC(F)(F)F)cc4nc3O2)[C@@H]1[C-]=O.CC[C@@H]1[C@@H]2CN(C(=O)[C@H](C(C)(C)C)NC(=O)O[C@]3(C)C[C@H]3CCCCCc3nc4ccc(OCC(F)(F)F)cc4nc3O2)[C@@H]1[C-]=O.[V].[V].[V]. The van der Waals surface area contributed by atoms with Crippen molar-refractivity contribution in [3.8, 4) is 34.9 Å². The molecule has 3 aliphatic carbocycles. The van der Waals surface area contributed by atoms with Gasteiger partial charge in [0.1, 0.15) is 88.1 Å². The largest absolute Gasteiger partial charge is 0.540 e. The Labute approximate surface area is 869 Å². The van der Waals surface area contributed by atoms with Crippen molar-refractivity contribution in [1.29, 1.82) is 0 Å². The molecular weight excluding hydrogens is 2010 g/mol. The van der Waals surface area contributed by atoms with Crippen molar-refractivity contribution in [2.24, 2.45) is 51.8 Å². The first-order chi connectivity index (χ1) is 66.5. The van der Waals surface area contributed by atoms with Crippen molar-refractivity contribution in [1.82, 2.24) is 60.6 Å². The molecule has 0 spiro atoms. The van der Waals surface area contributed by atoms with Gasteiger partial charge in [-0.15, -0.1) is 0 Å². The quantitative estimate of drug-likeness (QED) is 0.0582. The van der Waals surface area contributed by atoms with E-state index in [2.05, 4.69) is 20.9 Å². The average molecular weight is 2140 g/mol. The number of alkyl carbamates (subject to hydrolysis) is 3. The van der Waals surface area contributed by atoms with E-state index >= 15 is 0 Å². The van der Waals surface area contributed by atoms with Gasteiger partial charge in [0.15, 0.2) is 19.8 Å². The number of hydrogen-bond donors (Lipinski definition) is 3. The van der Waals surface area contributed by atoms with Crippen LogP contribution in [0.4, 0.5) is 53.9 Å². The Morgan fingerprint density at radius 3 is 1.03 bits per heavy atom. The van der Waals surface area contributed by atoms with E-state index in [-0.39, 0.29) is 134 Å². The summed E-state index contributed by atoms with van der Waals surface area (Å²) in [6.07, 6.45) is 8.03. The summed E-state index contributed by atoms with van der Waals surface area (Å²) in [6.45, 7) is 21.9. The number of nitrogens with one attached hydrogen (secondary N) is 3. The molecule has 3 N–H and O–H groups in total. The van der Waals surface area contributed by atoms with Crippen LogP contribution in [0.15, 0.2) is 54.6 Å². The predicted molar refractivity (Wildman–Crippen MR) is 500 cm³/mol. The van der Waals surface area contributed by atoms with Crippen LogP contribution in [0.3, 0.4) is 0 Å². The molecule has 144 heavy (non-hydrogen) atoms. The maximum Gasteiger partial charge on any atom is 0.422 e. The zero-order valence-corrected chi connectivity index (χ0v) is 88.2. The number of nitrogens with zero attached hydrogens (tertiary/aromatic N) is 9. The Kier molecular flexibility index (Phi) is 39.6. The molecule has 6 aromatic rings. The molecule has 3 radical (unpaired) electrons. The van der Waals surface area contributed by atoms with E-state index in [0.717, 1.165) is 122 Å². The zero-order chi connectivity index (χ0) is 102. The molecule has 3 saturated carbocycles. The van der Waals surface area contributed by atoms with Gasteiger partial charge >= 0.3 is 36.8 Å². The fourth-order valence-corrected chi connectivity index (χ4v) is 21.0. The van der Waals surface area contributed by atoms with Gasteiger partial charge in [0.2, 0.25) is 35.4 Å². The van der Waals surface area contributed by atoms with E-state index in [1.54, 1.807) is 18.2 Å². The number of aryl methyl sites for hydroxylation is 3. The molecule has 3 saturated heterocycles. The Balaban J connectivity index is 0.000000219. The van der Waals surface area contributed by atoms with Gasteiger partial charge in [0, 0.05) is 79.8 Å². The smallest absolute Gasteiger partial charge is 0.422 e. The van der Waals surface area contributed by atoms with E-state index in [1.807, 2.05) is 116 Å². The Hall–Kier alpha value is -9.17. The van der Waals surface area contributed by atoms with Gasteiger partial charge in [-0.2, -0.15) is 39.5 Å². The minimum atomic E-state index is -4.50. The summed E-state index contributed by atoms with van der Waals surface area (Å²) in [7, 11) is 0. The first-order valence-electron chi connectivity index (χ1n) is 49.5. The molecule has 789 valence electrons. The molecule has 18 atom stereocenters. The summed E-state index contributed by atoms with van der Waals surface area (Å²) < 4.78 is 167. The number of carbonyl (C=O) groups excluding carboxylic acids is 9. The minimum Gasteiger partial charge on any atom is -0.540 e. The predicted octanol–water partition coefficient (Wildman–Crippen LogP) is 18.3. The van der Waals surface area contributed by atoms with Gasteiger partial charge in [-0.1, -0.05) is 159 Å². The third-order valence-corrected chi connectivity index (χ3v) is 28.9. The van der Waals surface area contributed by atoms with Crippen LogP contribution >= 0.6 is 0 Å². The number of aromatic nitrogens is 6. The average Bonchev–Trinajstić information content (AvgIpc) is 1.64. The number of carbonyl (C=O) groups is 6. The molecule has 30 nitrogen and oxygen atoms in total. The van der Waals surface area contributed by atoms with E-state index in [9.17, 15) is 82.7 Å². The third-order valence-electron chi connectivity index (χ3n) is 28.9. The zero-order valence-electron chi connectivity index (χ0n) is 84.0. The van der Waals surface area contributed by atoms with Gasteiger partial charge in [-0.3, -0.25) is 14.4 Å². The molecule has 9 aliphatic rings. The molecule has 6 fully saturated rings. The molecule has 6 aliphatic heterocycles. The Bertz CT molecular complexity index is 5470. The van der Waals surface area contributed by atoms with Crippen molar-refractivity contribution in [3.05, 3.63) is 71.7 Å². The molecule has 6 bridgehead atoms. The van der Waals surface area contributed by atoms with Crippen LogP contribution in [0, 0.1) is 51.8 Å². The third kappa shape index (κ3) is 29.5. The van der Waals surface area contributed by atoms with Crippen molar-refractivity contribution < 1.29 is 181 Å². The normalized spacial score (nSPS) is 28.2. The van der Waals surface area contributed by atoms with E-state index in [1.165, 1.54) is 51.1 Å². The number of halogens is 9. The topological polar surface area (TPSA) is 360 Å². The molecular formula is C102H132F9N12O18V3-3. The van der Waals surface area contributed by atoms with Crippen molar-refractivity contribution in [2.45, 2.75) is 348 Å². The summed E-state index contributed by atoms with van der Waals surface area (Å²) in [4.78, 5) is 152. The molecule has 3 aromatic heterocycles. The number of fused-ring (bicyclic) bond motifs is 15. The maximum absolute atomic E-state index is 14.2. The Morgan fingerprint density at radius 1 is 0.382 bits per heavy atom. The minimum absolute atomic E-state index is 0. The molecule has 3 aromatic carbocycles. The standard InChI is InChI=1S/C35H46F3N4O6.C34H44F3N4O6.C33H42F3N4O6.3V/c1-6-23-27(19-43)42-18-28(23)47-30-25(39-24-15-14-22(17-26(24)40-30)46-20-35(36,37)38)13-9-7-8-11-21-12-10-16-34(21,5)48-32(45)41-29(31(42)44)33(2,3)4;1-5-22-26(18-42)41-17-28(22)46-30-24(38-23-15-14-21(16-25(23)39-30)45-19-34(35,36)37)12-8-6-7-10-20-11-9-13-27(20)47-32(44)40-29(31(41)43)33(2,3)4;1-6-21-25(17-41)40-16-26(21)45-28-23(37-22-13-12-20(14-24(22)38-28)44-18-33(34,35)36)11-9-7-8-10-19-15-32(19,5)46-30(43)39-27(29(40)42)31(2,3)4;;;/h14-15,17,21,23,27-29H,6-13,16,18,20H2,1-5H3,(H,41,45);14-16,20,22,26-29H,5-13,17,19H2,1-4H3,(H,40,44);12-14,19,21,25-27H,6-11,15-16,18H2,1-5H3,(H,39,43);;;/q3*-1;;;/t21-,23+,27-,28+,29-,34-;20-,22+,26-,27-,28+,29-;19-,21+,25-,26+,27-,32-;;;/m111.../s1. The monoisotopic (exact) mass is 2140 g/mol. The van der Waals surface area contributed by atoms with E-state index in [0.29, 0.717) is 88.7 Å². The van der Waals surface area contributed by atoms with Gasteiger partial charge in [-0.25, -0.2) is 63.1 Å². The number of ether oxygens (including phenoxy) is 9. The van der Waals surface area contributed by atoms with Gasteiger partial charge in [0.25, 0.3) is 0 Å². The number of amides is 6. The van der Waals surface area contributed by atoms with Crippen LogP contribution in [0.2, 0.25) is 0 Å². The van der Waals surface area contributed by atoms with Crippen LogP contribution in [0.25, 0.3) is 33.1 Å². The summed E-state index contributed by atoms with van der Waals surface area (Å²) in [5.74, 6) is -1.42. The Morgan fingerprint density at radius 2 is 0.701 bits per heavy atom. The first kappa shape index (κ1) is 117. The van der Waals surface area contributed by atoms with Gasteiger partial charge in [0.05, 0.1) is 52.7 Å². The number of hydrogen-bond acceptors (Lipinski definition) is 24. The van der Waals surface area contributed by atoms with Crippen LogP contribution in [-0.2, 0) is 118 Å². The van der Waals surface area contributed by atoms with Crippen LogP contribution < -0.4 is 44.4 Å². The number of rotatable bonds is 12. The van der Waals surface area contributed by atoms with Crippen molar-refractivity contribution >= 4 is 88.0 Å². The fraction of sp³-hybridized carbons (Fsp3) is 0.676. The molecule has 0 unspecified atom stereocenters. The van der Waals surface area contributed by atoms with Crippen LogP contribution in [0.1, 0.15) is 255 Å². The second-order valence-electron chi connectivity index (χ2n) is 42.6. The van der Waals surface area contributed by atoms with E-state index < -0.39 is 174 Å². The van der Waals surface area contributed by atoms with E-state index in [4.69, 9.17) is 67.6 Å². The summed E-state index contributed by atoms with van der Waals surface area (Å²) in [5, 5.41) is 8.45. The molecule has 6 amide bonds. The van der Waals surface area contributed by atoms with Crippen LogP contribution in [-0.4, -0.2) is 229 Å². The van der Waals surface area contributed by atoms with Crippen molar-refractivity contribution in [3.63, 3.8) is 0 Å². The molecule has 9 heterocycles. The summed E-state index contributed by atoms with van der Waals surface area (Å²) in [5.41, 5.74) is 0.717. The van der Waals surface area contributed by atoms with Crippen LogP contribution in [0.5, 0.6) is 34.9 Å². The fourth-order valence-electron chi connectivity index (χ4n) is 21.0. The maximum atomic E-state index is 14.2. The first-order valence-corrected chi connectivity index (χ1v) is 49.5. The van der Waals surface area contributed by atoms with Gasteiger partial charge in [-0.05, 0) is 199 Å². The summed E-state index contributed by atoms with van der Waals surface area (Å²) in [6, 6.07) is 7.41. The molecule has 42 heteroatoms. The summed E-state index contributed by atoms with van der Waals surface area (Å²) >= 11 is 0. The number of benzene rings is 3. The molecule has 15 rings (SSSR count). The van der Waals surface area contributed by atoms with Gasteiger partial charge < -0.3 is 87.7 Å². The van der Waals surface area contributed by atoms with Crippen molar-refractivity contribution in [2.75, 3.05) is 39.5 Å².